The normalized spacial score (nSPS) is 18.0. The van der Waals surface area contributed by atoms with Crippen LogP contribution in [0.1, 0.15) is 48.6 Å². The van der Waals surface area contributed by atoms with E-state index in [0.29, 0.717) is 40.1 Å². The first-order valence-corrected chi connectivity index (χ1v) is 14.6. The van der Waals surface area contributed by atoms with Gasteiger partial charge in [0.15, 0.2) is 22.6 Å². The zero-order valence-corrected chi connectivity index (χ0v) is 25.3. The van der Waals surface area contributed by atoms with E-state index in [2.05, 4.69) is 21.8 Å². The van der Waals surface area contributed by atoms with Crippen LogP contribution in [-0.4, -0.2) is 29.6 Å². The van der Waals surface area contributed by atoms with Gasteiger partial charge in [-0.2, -0.15) is 5.53 Å². The average Bonchev–Trinajstić information content (AvgIpc) is 3.37. The number of allylic oxidation sites excluding steroid dienone is 3. The lowest BCUT2D eigenvalue weighted by Gasteiger charge is -2.32. The number of hydrogen-bond acceptors (Lipinski definition) is 6. The molecule has 2 aromatic carbocycles. The van der Waals surface area contributed by atoms with Crippen LogP contribution >= 0.6 is 35.0 Å². The summed E-state index contributed by atoms with van der Waals surface area (Å²) in [6.45, 7) is 2.51. The Morgan fingerprint density at radius 2 is 1.95 bits per heavy atom. The summed E-state index contributed by atoms with van der Waals surface area (Å²) in [6.07, 6.45) is 7.23. The number of hydrogen-bond donors (Lipinski definition) is 2. The third-order valence-corrected chi connectivity index (χ3v) is 8.83. The van der Waals surface area contributed by atoms with Crippen molar-refractivity contribution in [1.29, 1.82) is 5.53 Å². The molecule has 0 saturated carbocycles. The van der Waals surface area contributed by atoms with Gasteiger partial charge in [-0.05, 0) is 73.7 Å². The number of nitrogens with one attached hydrogen (secondary N) is 1. The Kier molecular flexibility index (Phi) is 10.1. The fourth-order valence-electron chi connectivity index (χ4n) is 4.87. The van der Waals surface area contributed by atoms with Crippen molar-refractivity contribution >= 4 is 40.8 Å². The summed E-state index contributed by atoms with van der Waals surface area (Å²) in [7, 11) is 3.06. The number of amidine groups is 1. The molecule has 12 heteroatoms. The summed E-state index contributed by atoms with van der Waals surface area (Å²) < 4.78 is 27.9. The maximum absolute atomic E-state index is 14.9. The van der Waals surface area contributed by atoms with Gasteiger partial charge in [0.1, 0.15) is 5.75 Å². The fourth-order valence-corrected chi connectivity index (χ4v) is 6.21. The molecule has 0 amide bonds. The van der Waals surface area contributed by atoms with Crippen LogP contribution in [-0.2, 0) is 22.4 Å². The predicted molar refractivity (Wildman–Crippen MR) is 162 cm³/mol. The number of ether oxygens (including phenoxy) is 2. The molecule has 1 unspecified atom stereocenters. The standard InChI is InChI=1S/C29H31Cl2FN6O2S/c1-29(19-8-10-22(31)25(15-19)40-3)12-5-4-6-23(32)24(39-2)11-13-38-26(29)16-35-28(38)41-17-18-7-9-21(30)20(14-18)27(33)36-37-34/h6-11,14-16H,4-5,12-13,17H2,1-3H3,(H3,33,34,36). The van der Waals surface area contributed by atoms with Crippen molar-refractivity contribution in [2.75, 3.05) is 14.2 Å². The monoisotopic (exact) mass is 616 g/mol. The molecule has 4 rings (SSSR count). The summed E-state index contributed by atoms with van der Waals surface area (Å²) in [6, 6.07) is 11.3. The molecule has 41 heavy (non-hydrogen) atoms. The summed E-state index contributed by atoms with van der Waals surface area (Å²) in [5.74, 6) is 1.01. The maximum Gasteiger partial charge on any atom is 0.168 e. The minimum absolute atomic E-state index is 0.0626. The number of aromatic nitrogens is 2. The first-order chi connectivity index (χ1) is 19.7. The molecule has 1 aromatic heterocycles. The fraction of sp³-hybridized carbons (Fsp3) is 0.310. The molecule has 0 bridgehead atoms. The molecule has 3 aromatic rings. The van der Waals surface area contributed by atoms with E-state index in [1.54, 1.807) is 25.3 Å². The van der Waals surface area contributed by atoms with E-state index in [1.807, 2.05) is 36.5 Å². The molecule has 1 aliphatic rings. The predicted octanol–water partition coefficient (Wildman–Crippen LogP) is 8.02. The Hall–Kier alpha value is -3.34. The first kappa shape index (κ1) is 30.6. The zero-order chi connectivity index (χ0) is 29.6. The van der Waals surface area contributed by atoms with Crippen LogP contribution in [0.25, 0.3) is 0 Å². The summed E-state index contributed by atoms with van der Waals surface area (Å²) in [5, 5.41) is 8.30. The van der Waals surface area contributed by atoms with Gasteiger partial charge >= 0.3 is 0 Å². The Bertz CT molecular complexity index is 1520. The SMILES string of the molecule is COC1=CCn2c(cnc2SCc2ccc(Cl)c(C(N)=NN=N)c2)C(C)(c2ccc(Cl)c(OC)c2)CCCC=C1F. The van der Waals surface area contributed by atoms with Gasteiger partial charge in [-0.3, -0.25) is 0 Å². The third kappa shape index (κ3) is 6.77. The third-order valence-electron chi connectivity index (χ3n) is 7.12. The number of fused-ring (bicyclic) bond motifs is 1. The molecule has 1 aliphatic heterocycles. The quantitative estimate of drug-likeness (QED) is 0.0875. The number of nitrogens with zero attached hydrogens (tertiary/aromatic N) is 4. The molecule has 1 atom stereocenters. The Balaban J connectivity index is 1.78. The number of imidazole rings is 1. The van der Waals surface area contributed by atoms with Crippen molar-refractivity contribution in [2.24, 2.45) is 16.1 Å². The molecule has 3 N–H and O–H groups in total. The second-order valence-corrected chi connectivity index (χ2v) is 11.4. The molecule has 0 fully saturated rings. The van der Waals surface area contributed by atoms with E-state index in [4.69, 9.17) is 48.9 Å². The highest BCUT2D eigenvalue weighted by Gasteiger charge is 2.34. The first-order valence-electron chi connectivity index (χ1n) is 12.8. The largest absolute Gasteiger partial charge is 0.495 e. The van der Waals surface area contributed by atoms with E-state index < -0.39 is 5.41 Å². The number of rotatable bonds is 8. The van der Waals surface area contributed by atoms with Crippen molar-refractivity contribution in [3.63, 3.8) is 0 Å². The van der Waals surface area contributed by atoms with Gasteiger partial charge in [-0.15, -0.1) is 5.10 Å². The minimum Gasteiger partial charge on any atom is -0.495 e. The number of methoxy groups -OCH3 is 2. The highest BCUT2D eigenvalue weighted by molar-refractivity contribution is 7.98. The van der Waals surface area contributed by atoms with E-state index in [1.165, 1.54) is 18.9 Å². The van der Waals surface area contributed by atoms with Crippen molar-refractivity contribution in [3.05, 3.63) is 98.8 Å². The van der Waals surface area contributed by atoms with Crippen LogP contribution < -0.4 is 10.5 Å². The van der Waals surface area contributed by atoms with Crippen molar-refractivity contribution in [1.82, 2.24) is 9.55 Å². The van der Waals surface area contributed by atoms with Crippen molar-refractivity contribution in [3.8, 4) is 5.75 Å². The molecule has 0 radical (unpaired) electrons. The molecule has 0 spiro atoms. The van der Waals surface area contributed by atoms with Gasteiger partial charge in [0, 0.05) is 29.0 Å². The van der Waals surface area contributed by atoms with Gasteiger partial charge in [0.2, 0.25) is 0 Å². The van der Waals surface area contributed by atoms with Crippen LogP contribution in [0.2, 0.25) is 10.0 Å². The number of thioether (sulfide) groups is 1. The van der Waals surface area contributed by atoms with E-state index in [0.717, 1.165) is 34.8 Å². The Morgan fingerprint density at radius 3 is 2.68 bits per heavy atom. The lowest BCUT2D eigenvalue weighted by molar-refractivity contribution is 0.280. The van der Waals surface area contributed by atoms with E-state index >= 15 is 0 Å². The van der Waals surface area contributed by atoms with E-state index in [9.17, 15) is 4.39 Å². The Morgan fingerprint density at radius 1 is 1.17 bits per heavy atom. The molecule has 0 aliphatic carbocycles. The topological polar surface area (TPSA) is 111 Å². The average molecular weight is 618 g/mol. The van der Waals surface area contributed by atoms with Crippen LogP contribution in [0.3, 0.4) is 0 Å². The number of halogens is 3. The lowest BCUT2D eigenvalue weighted by Crippen LogP contribution is -2.27. The van der Waals surface area contributed by atoms with Gasteiger partial charge in [0.25, 0.3) is 0 Å². The van der Waals surface area contributed by atoms with Gasteiger partial charge in [-0.25, -0.2) is 9.37 Å². The van der Waals surface area contributed by atoms with Gasteiger partial charge in [-0.1, -0.05) is 52.3 Å². The van der Waals surface area contributed by atoms with E-state index in [-0.39, 0.29) is 17.4 Å². The van der Waals surface area contributed by atoms with Crippen LogP contribution in [0.4, 0.5) is 4.39 Å². The minimum atomic E-state index is -0.475. The molecular formula is C29H31Cl2FN6O2S. The smallest absolute Gasteiger partial charge is 0.168 e. The second-order valence-electron chi connectivity index (χ2n) is 9.62. The van der Waals surface area contributed by atoms with Crippen LogP contribution in [0, 0.1) is 5.53 Å². The van der Waals surface area contributed by atoms with Crippen LogP contribution in [0.15, 0.2) is 81.8 Å². The second kappa shape index (κ2) is 13.5. The van der Waals surface area contributed by atoms with Gasteiger partial charge in [0.05, 0.1) is 30.5 Å². The zero-order valence-electron chi connectivity index (χ0n) is 23.0. The maximum atomic E-state index is 14.9. The molecular weight excluding hydrogens is 586 g/mol. The highest BCUT2D eigenvalue weighted by atomic mass is 35.5. The summed E-state index contributed by atoms with van der Waals surface area (Å²) >= 11 is 14.2. The van der Waals surface area contributed by atoms with Gasteiger partial charge < -0.3 is 19.8 Å². The molecule has 0 saturated heterocycles. The van der Waals surface area contributed by atoms with Crippen molar-refractivity contribution in [2.45, 2.75) is 49.1 Å². The highest BCUT2D eigenvalue weighted by Crippen LogP contribution is 2.42. The molecule has 2 heterocycles. The summed E-state index contributed by atoms with van der Waals surface area (Å²) in [4.78, 5) is 4.81. The van der Waals surface area contributed by atoms with Crippen molar-refractivity contribution < 1.29 is 13.9 Å². The number of benzene rings is 2. The Labute approximate surface area is 252 Å². The number of nitrogens with two attached hydrogens (primary N) is 1. The summed E-state index contributed by atoms with van der Waals surface area (Å²) in [5.41, 5.74) is 15.9. The molecule has 216 valence electrons. The molecule has 8 nitrogen and oxygen atoms in total. The van der Waals surface area contributed by atoms with Crippen LogP contribution in [0.5, 0.6) is 5.75 Å². The lowest BCUT2D eigenvalue weighted by atomic mass is 9.75.